The van der Waals surface area contributed by atoms with Crippen molar-refractivity contribution in [2.24, 2.45) is 0 Å². The molecule has 3 rings (SSSR count). The van der Waals surface area contributed by atoms with Crippen LogP contribution in [0.25, 0.3) is 0 Å². The Kier molecular flexibility index (Phi) is 3.98. The van der Waals surface area contributed by atoms with Gasteiger partial charge in [-0.1, -0.05) is 5.16 Å². The van der Waals surface area contributed by atoms with Crippen LogP contribution in [0.15, 0.2) is 4.52 Å². The van der Waals surface area contributed by atoms with Gasteiger partial charge in [-0.3, -0.25) is 9.69 Å². The van der Waals surface area contributed by atoms with Crippen molar-refractivity contribution in [1.29, 1.82) is 0 Å². The van der Waals surface area contributed by atoms with Crippen LogP contribution in [0.1, 0.15) is 24.6 Å². The molecule has 2 fully saturated rings. The minimum Gasteiger partial charge on any atom is -0.340 e. The van der Waals surface area contributed by atoms with Crippen molar-refractivity contribution < 1.29 is 9.32 Å². The zero-order chi connectivity index (χ0) is 13.9. The van der Waals surface area contributed by atoms with E-state index in [0.29, 0.717) is 12.4 Å². The molecule has 7 heteroatoms. The molecule has 3 heterocycles. The molecule has 110 valence electrons. The van der Waals surface area contributed by atoms with Gasteiger partial charge in [-0.25, -0.2) is 0 Å². The molecule has 7 nitrogen and oxygen atoms in total. The van der Waals surface area contributed by atoms with Crippen molar-refractivity contribution in [3.63, 3.8) is 0 Å². The molecular weight excluding hydrogens is 258 g/mol. The van der Waals surface area contributed by atoms with Crippen LogP contribution in [0, 0.1) is 6.92 Å². The Morgan fingerprint density at radius 1 is 1.40 bits per heavy atom. The summed E-state index contributed by atoms with van der Waals surface area (Å²) in [4.78, 5) is 20.7. The molecule has 1 aromatic heterocycles. The van der Waals surface area contributed by atoms with Crippen LogP contribution < -0.4 is 5.32 Å². The third-order valence-electron chi connectivity index (χ3n) is 3.98. The number of aromatic nitrogens is 2. The molecule has 0 aliphatic carbocycles. The molecule has 0 unspecified atom stereocenters. The van der Waals surface area contributed by atoms with E-state index >= 15 is 0 Å². The van der Waals surface area contributed by atoms with E-state index in [1.807, 2.05) is 4.90 Å². The van der Waals surface area contributed by atoms with Gasteiger partial charge >= 0.3 is 0 Å². The summed E-state index contributed by atoms with van der Waals surface area (Å²) in [6.07, 6.45) is 2.08. The summed E-state index contributed by atoms with van der Waals surface area (Å²) < 4.78 is 4.97. The van der Waals surface area contributed by atoms with E-state index < -0.39 is 0 Å². The first-order valence-corrected chi connectivity index (χ1v) is 7.26. The fourth-order valence-electron chi connectivity index (χ4n) is 2.85. The molecule has 1 N–H and O–H groups in total. The number of aryl methyl sites for hydroxylation is 1. The van der Waals surface area contributed by atoms with Crippen molar-refractivity contribution in [3.8, 4) is 0 Å². The molecule has 1 amide bonds. The number of carbonyl (C=O) groups excluding carboxylic acids is 1. The fourth-order valence-corrected chi connectivity index (χ4v) is 2.85. The Balaban J connectivity index is 1.48. The van der Waals surface area contributed by atoms with Crippen molar-refractivity contribution >= 4 is 5.91 Å². The molecule has 0 spiro atoms. The van der Waals surface area contributed by atoms with Crippen LogP contribution >= 0.6 is 0 Å². The Bertz CT molecular complexity index is 461. The van der Waals surface area contributed by atoms with Crippen LogP contribution in [0.2, 0.25) is 0 Å². The molecule has 1 atom stereocenters. The van der Waals surface area contributed by atoms with Gasteiger partial charge in [0, 0.05) is 33.1 Å². The Labute approximate surface area is 118 Å². The smallest absolute Gasteiger partial charge is 0.239 e. The van der Waals surface area contributed by atoms with Gasteiger partial charge in [0.15, 0.2) is 5.82 Å². The van der Waals surface area contributed by atoms with Gasteiger partial charge in [0.1, 0.15) is 0 Å². The number of nitrogens with zero attached hydrogens (tertiary/aromatic N) is 4. The minimum atomic E-state index is 0.0430. The monoisotopic (exact) mass is 279 g/mol. The molecular formula is C13H21N5O2. The predicted molar refractivity (Wildman–Crippen MR) is 71.9 cm³/mol. The first-order chi connectivity index (χ1) is 9.72. The van der Waals surface area contributed by atoms with Crippen LogP contribution in [0.3, 0.4) is 0 Å². The SMILES string of the molecule is Cc1nc(CN2CCN(C(=O)[C@@H]3CCCN3)CC2)no1. The number of rotatable bonds is 3. The average molecular weight is 279 g/mol. The summed E-state index contributed by atoms with van der Waals surface area (Å²) in [6.45, 7) is 6.76. The number of hydrogen-bond donors (Lipinski definition) is 1. The van der Waals surface area contributed by atoms with Gasteiger partial charge in [-0.05, 0) is 19.4 Å². The molecule has 0 aromatic carbocycles. The largest absolute Gasteiger partial charge is 0.340 e. The highest BCUT2D eigenvalue weighted by molar-refractivity contribution is 5.82. The van der Waals surface area contributed by atoms with Gasteiger partial charge in [0.25, 0.3) is 0 Å². The van der Waals surface area contributed by atoms with Crippen molar-refractivity contribution in [1.82, 2.24) is 25.3 Å². The standard InChI is InChI=1S/C13H21N5O2/c1-10-15-12(16-20-10)9-17-5-7-18(8-6-17)13(19)11-3-2-4-14-11/h11,14H,2-9H2,1H3/t11-/m0/s1. The average Bonchev–Trinajstić information content (AvgIpc) is 3.11. The van der Waals surface area contributed by atoms with Crippen LogP contribution in [0.4, 0.5) is 0 Å². The van der Waals surface area contributed by atoms with Gasteiger partial charge in [-0.2, -0.15) is 4.98 Å². The van der Waals surface area contributed by atoms with Gasteiger partial charge in [-0.15, -0.1) is 0 Å². The van der Waals surface area contributed by atoms with E-state index in [4.69, 9.17) is 4.52 Å². The molecule has 1 aromatic rings. The van der Waals surface area contributed by atoms with E-state index in [2.05, 4.69) is 20.4 Å². The lowest BCUT2D eigenvalue weighted by Gasteiger charge is -2.35. The van der Waals surface area contributed by atoms with Gasteiger partial charge in [0.05, 0.1) is 12.6 Å². The Morgan fingerprint density at radius 2 is 2.20 bits per heavy atom. The highest BCUT2D eigenvalue weighted by Gasteiger charge is 2.29. The van der Waals surface area contributed by atoms with Gasteiger partial charge in [0.2, 0.25) is 11.8 Å². The lowest BCUT2D eigenvalue weighted by atomic mass is 10.2. The highest BCUT2D eigenvalue weighted by Crippen LogP contribution is 2.12. The Morgan fingerprint density at radius 3 is 2.80 bits per heavy atom. The predicted octanol–water partition coefficient (Wildman–Crippen LogP) is -0.226. The molecule has 20 heavy (non-hydrogen) atoms. The maximum atomic E-state index is 12.3. The highest BCUT2D eigenvalue weighted by atomic mass is 16.5. The Hall–Kier alpha value is -1.47. The van der Waals surface area contributed by atoms with E-state index in [-0.39, 0.29) is 11.9 Å². The zero-order valence-electron chi connectivity index (χ0n) is 11.8. The maximum Gasteiger partial charge on any atom is 0.239 e. The summed E-state index contributed by atoms with van der Waals surface area (Å²) in [5.41, 5.74) is 0. The van der Waals surface area contributed by atoms with Crippen molar-refractivity contribution in [2.75, 3.05) is 32.7 Å². The quantitative estimate of drug-likeness (QED) is 0.824. The van der Waals surface area contributed by atoms with Crippen LogP contribution in [-0.4, -0.2) is 64.6 Å². The number of hydrogen-bond acceptors (Lipinski definition) is 6. The molecule has 0 radical (unpaired) electrons. The van der Waals surface area contributed by atoms with Gasteiger partial charge < -0.3 is 14.7 Å². The second kappa shape index (κ2) is 5.88. The first-order valence-electron chi connectivity index (χ1n) is 7.26. The topological polar surface area (TPSA) is 74.5 Å². The lowest BCUT2D eigenvalue weighted by molar-refractivity contribution is -0.134. The normalized spacial score (nSPS) is 24.2. The summed E-state index contributed by atoms with van der Waals surface area (Å²) in [5, 5.41) is 7.18. The van der Waals surface area contributed by atoms with Crippen LogP contribution in [0.5, 0.6) is 0 Å². The third kappa shape index (κ3) is 2.99. The van der Waals surface area contributed by atoms with E-state index in [1.165, 1.54) is 0 Å². The summed E-state index contributed by atoms with van der Waals surface area (Å²) >= 11 is 0. The fraction of sp³-hybridized carbons (Fsp3) is 0.769. The van der Waals surface area contributed by atoms with Crippen molar-refractivity contribution in [2.45, 2.75) is 32.4 Å². The van der Waals surface area contributed by atoms with Crippen LogP contribution in [-0.2, 0) is 11.3 Å². The second-order valence-corrected chi connectivity index (χ2v) is 5.48. The molecule has 0 saturated carbocycles. The summed E-state index contributed by atoms with van der Waals surface area (Å²) in [6, 6.07) is 0.0430. The number of nitrogens with one attached hydrogen (secondary N) is 1. The van der Waals surface area contributed by atoms with Crippen molar-refractivity contribution in [3.05, 3.63) is 11.7 Å². The van der Waals surface area contributed by atoms with E-state index in [1.54, 1.807) is 6.92 Å². The number of amides is 1. The molecule has 2 aliphatic rings. The maximum absolute atomic E-state index is 12.3. The molecule has 2 saturated heterocycles. The summed E-state index contributed by atoms with van der Waals surface area (Å²) in [7, 11) is 0. The number of carbonyl (C=O) groups is 1. The zero-order valence-corrected chi connectivity index (χ0v) is 11.8. The minimum absolute atomic E-state index is 0.0430. The molecule has 2 aliphatic heterocycles. The lowest BCUT2D eigenvalue weighted by Crippen LogP contribution is -2.52. The third-order valence-corrected chi connectivity index (χ3v) is 3.98. The first kappa shape index (κ1) is 13.5. The van der Waals surface area contributed by atoms with E-state index in [0.717, 1.165) is 51.4 Å². The second-order valence-electron chi connectivity index (χ2n) is 5.48. The molecule has 0 bridgehead atoms. The number of piperazine rings is 1. The summed E-state index contributed by atoms with van der Waals surface area (Å²) in [5.74, 6) is 1.58. The van der Waals surface area contributed by atoms with E-state index in [9.17, 15) is 4.79 Å².